The van der Waals surface area contributed by atoms with Crippen molar-refractivity contribution in [2.24, 2.45) is 0 Å². The quantitative estimate of drug-likeness (QED) is 0.0198. The predicted octanol–water partition coefficient (Wildman–Crippen LogP) is 10.0. The first-order chi connectivity index (χ1) is 28.6. The molecule has 0 saturated carbocycles. The largest absolute Gasteiger partial charge is 0.457 e. The van der Waals surface area contributed by atoms with Gasteiger partial charge >= 0.3 is 16.4 Å². The van der Waals surface area contributed by atoms with Gasteiger partial charge in [0.2, 0.25) is 0 Å². The van der Waals surface area contributed by atoms with Gasteiger partial charge < -0.3 is 34.3 Å². The highest BCUT2D eigenvalue weighted by Crippen LogP contribution is 2.26. The summed E-state index contributed by atoms with van der Waals surface area (Å²) < 4.78 is 59.1. The fourth-order valence-corrected chi connectivity index (χ4v) is 7.74. The standard InChI is InChI=1S/C46H86O12S/c1-3-5-7-9-11-13-15-17-19-21-23-25-27-29-31-33-35-42(48)56-40(39-55-46-44(50)45(58-59(51,52)53)43(49)41(37-47)57-46)38-54-36-34-32-30-28-26-24-22-20-18-16-14-12-10-8-6-4-2/h13,15,19,21,40-41,43-47,49-50H,3-12,14,16-18,20,22-39H2,1-2H3,(H,51,52,53)/b15-13-,21-19-. The molecular weight excluding hydrogens is 777 g/mol. The molecular formula is C46H86O12S. The van der Waals surface area contributed by atoms with E-state index in [0.717, 1.165) is 57.8 Å². The van der Waals surface area contributed by atoms with E-state index in [1.54, 1.807) is 0 Å². The second-order valence-electron chi connectivity index (χ2n) is 16.4. The van der Waals surface area contributed by atoms with Gasteiger partial charge in [-0.2, -0.15) is 8.42 Å². The fraction of sp³-hybridized carbons (Fsp3) is 0.891. The van der Waals surface area contributed by atoms with E-state index in [4.69, 9.17) is 23.5 Å². The van der Waals surface area contributed by atoms with Gasteiger partial charge in [0.05, 0.1) is 19.8 Å². The van der Waals surface area contributed by atoms with Gasteiger partial charge in [0.1, 0.15) is 30.5 Å². The maximum atomic E-state index is 12.8. The van der Waals surface area contributed by atoms with Crippen molar-refractivity contribution in [3.05, 3.63) is 24.3 Å². The number of hydrogen-bond acceptors (Lipinski definition) is 11. The zero-order valence-corrected chi connectivity index (χ0v) is 37.9. The molecule has 0 amide bonds. The van der Waals surface area contributed by atoms with Gasteiger partial charge in [0.25, 0.3) is 0 Å². The van der Waals surface area contributed by atoms with Crippen LogP contribution >= 0.6 is 0 Å². The molecule has 348 valence electrons. The molecule has 1 heterocycles. The minimum absolute atomic E-state index is 0.0343. The van der Waals surface area contributed by atoms with Crippen LogP contribution in [0.4, 0.5) is 0 Å². The normalized spacial score (nSPS) is 20.5. The van der Waals surface area contributed by atoms with Crippen molar-refractivity contribution < 1.29 is 56.2 Å². The summed E-state index contributed by atoms with van der Waals surface area (Å²) in [5.41, 5.74) is 0. The van der Waals surface area contributed by atoms with E-state index in [9.17, 15) is 28.5 Å². The second-order valence-corrected chi connectivity index (χ2v) is 17.4. The van der Waals surface area contributed by atoms with Crippen LogP contribution in [0.5, 0.6) is 0 Å². The van der Waals surface area contributed by atoms with E-state index in [-0.39, 0.29) is 19.6 Å². The molecule has 6 unspecified atom stereocenters. The lowest BCUT2D eigenvalue weighted by Gasteiger charge is -2.41. The molecule has 1 aliphatic heterocycles. The van der Waals surface area contributed by atoms with Crippen molar-refractivity contribution in [1.82, 2.24) is 0 Å². The molecule has 0 bridgehead atoms. The van der Waals surface area contributed by atoms with E-state index < -0.39 is 59.8 Å². The maximum Gasteiger partial charge on any atom is 0.397 e. The Kier molecular flexibility index (Phi) is 36.1. The van der Waals surface area contributed by atoms with Crippen LogP contribution in [0.25, 0.3) is 0 Å². The number of unbranched alkanes of at least 4 members (excludes halogenated alkanes) is 24. The summed E-state index contributed by atoms with van der Waals surface area (Å²) in [6.07, 6.45) is 33.5. The monoisotopic (exact) mass is 863 g/mol. The minimum atomic E-state index is -5.06. The molecule has 13 heteroatoms. The zero-order chi connectivity index (χ0) is 43.2. The summed E-state index contributed by atoms with van der Waals surface area (Å²) in [4.78, 5) is 12.8. The average molecular weight is 863 g/mol. The van der Waals surface area contributed by atoms with Crippen LogP contribution in [0.2, 0.25) is 0 Å². The highest BCUT2D eigenvalue weighted by atomic mass is 32.3. The van der Waals surface area contributed by atoms with Crippen LogP contribution < -0.4 is 0 Å². The first-order valence-corrected chi connectivity index (χ1v) is 25.0. The van der Waals surface area contributed by atoms with Crippen molar-refractivity contribution in [3.63, 3.8) is 0 Å². The summed E-state index contributed by atoms with van der Waals surface area (Å²) >= 11 is 0. The third-order valence-corrected chi connectivity index (χ3v) is 11.3. The second kappa shape index (κ2) is 38.3. The van der Waals surface area contributed by atoms with Gasteiger partial charge in [-0.25, -0.2) is 4.18 Å². The minimum Gasteiger partial charge on any atom is -0.457 e. The molecule has 1 saturated heterocycles. The van der Waals surface area contributed by atoms with Crippen LogP contribution in [0.1, 0.15) is 200 Å². The number of aliphatic hydroxyl groups is 3. The van der Waals surface area contributed by atoms with E-state index in [1.165, 1.54) is 116 Å². The lowest BCUT2D eigenvalue weighted by molar-refractivity contribution is -0.301. The topological polar surface area (TPSA) is 178 Å². The molecule has 1 rings (SSSR count). The van der Waals surface area contributed by atoms with E-state index in [1.807, 2.05) is 0 Å². The average Bonchev–Trinajstić information content (AvgIpc) is 3.20. The molecule has 0 aromatic carbocycles. The Hall–Kier alpha value is -1.42. The number of carbonyl (C=O) groups is 1. The Morgan fingerprint density at radius 1 is 0.644 bits per heavy atom. The molecule has 12 nitrogen and oxygen atoms in total. The molecule has 0 aromatic heterocycles. The van der Waals surface area contributed by atoms with Gasteiger partial charge in [-0.3, -0.25) is 9.35 Å². The Labute approximate surface area is 359 Å². The number of hydrogen-bond donors (Lipinski definition) is 4. The first-order valence-electron chi connectivity index (χ1n) is 23.6. The van der Waals surface area contributed by atoms with Crippen molar-refractivity contribution >= 4 is 16.4 Å². The number of ether oxygens (including phenoxy) is 4. The molecule has 1 fully saturated rings. The van der Waals surface area contributed by atoms with Crippen molar-refractivity contribution in [3.8, 4) is 0 Å². The summed E-state index contributed by atoms with van der Waals surface area (Å²) in [7, 11) is -5.06. The lowest BCUT2D eigenvalue weighted by Crippen LogP contribution is -2.60. The van der Waals surface area contributed by atoms with Crippen LogP contribution in [0, 0.1) is 0 Å². The maximum absolute atomic E-state index is 12.8. The Morgan fingerprint density at radius 3 is 1.63 bits per heavy atom. The van der Waals surface area contributed by atoms with Crippen LogP contribution in [0.3, 0.4) is 0 Å². The molecule has 0 spiro atoms. The summed E-state index contributed by atoms with van der Waals surface area (Å²) in [5, 5.41) is 30.7. The third kappa shape index (κ3) is 32.0. The summed E-state index contributed by atoms with van der Waals surface area (Å²) in [6, 6.07) is 0. The molecule has 4 N–H and O–H groups in total. The number of esters is 1. The Morgan fingerprint density at radius 2 is 1.12 bits per heavy atom. The SMILES string of the molecule is CCCCCC/C=C\C/C=C\CCCCCCCC(=O)OC(COCCCCCCCCCCCCCCCCCC)COC1OC(CO)C(O)C(OS(=O)(=O)O)C1O. The number of allylic oxidation sites excluding steroid dienone is 4. The molecule has 0 aromatic rings. The van der Waals surface area contributed by atoms with Gasteiger partial charge in [0, 0.05) is 13.0 Å². The summed E-state index contributed by atoms with van der Waals surface area (Å²) in [5.74, 6) is -0.410. The number of rotatable bonds is 41. The van der Waals surface area contributed by atoms with E-state index >= 15 is 0 Å². The van der Waals surface area contributed by atoms with Crippen molar-refractivity contribution in [2.45, 2.75) is 237 Å². The van der Waals surface area contributed by atoms with E-state index in [0.29, 0.717) is 13.0 Å². The molecule has 59 heavy (non-hydrogen) atoms. The van der Waals surface area contributed by atoms with Crippen LogP contribution in [-0.4, -0.2) is 97.5 Å². The lowest BCUT2D eigenvalue weighted by atomic mass is 9.99. The number of carbonyl (C=O) groups excluding carboxylic acids is 1. The Balaban J connectivity index is 2.42. The van der Waals surface area contributed by atoms with Crippen molar-refractivity contribution in [2.75, 3.05) is 26.4 Å². The molecule has 6 atom stereocenters. The van der Waals surface area contributed by atoms with Gasteiger partial charge in [-0.15, -0.1) is 0 Å². The first kappa shape index (κ1) is 55.6. The van der Waals surface area contributed by atoms with Crippen LogP contribution in [-0.2, 0) is 38.3 Å². The Bertz CT molecular complexity index is 1130. The van der Waals surface area contributed by atoms with E-state index in [2.05, 4.69) is 42.3 Å². The third-order valence-electron chi connectivity index (χ3n) is 10.8. The van der Waals surface area contributed by atoms with Gasteiger partial charge in [-0.05, 0) is 44.9 Å². The summed E-state index contributed by atoms with van der Waals surface area (Å²) in [6.45, 7) is 3.98. The predicted molar refractivity (Wildman–Crippen MR) is 234 cm³/mol. The van der Waals surface area contributed by atoms with Gasteiger partial charge in [-0.1, -0.05) is 173 Å². The smallest absolute Gasteiger partial charge is 0.397 e. The highest BCUT2D eigenvalue weighted by Gasteiger charge is 2.48. The van der Waals surface area contributed by atoms with Gasteiger partial charge in [0.15, 0.2) is 6.29 Å². The highest BCUT2D eigenvalue weighted by molar-refractivity contribution is 7.80. The van der Waals surface area contributed by atoms with Crippen molar-refractivity contribution in [1.29, 1.82) is 0 Å². The number of aliphatic hydroxyl groups excluding tert-OH is 3. The molecule has 0 aliphatic carbocycles. The molecule has 1 aliphatic rings. The molecule has 0 radical (unpaired) electrons. The fourth-order valence-electron chi connectivity index (χ4n) is 7.23. The zero-order valence-electron chi connectivity index (χ0n) is 37.1. The van der Waals surface area contributed by atoms with Crippen LogP contribution in [0.15, 0.2) is 24.3 Å².